The Balaban J connectivity index is 1.18. The lowest BCUT2D eigenvalue weighted by atomic mass is 9.77. The van der Waals surface area contributed by atoms with Crippen LogP contribution in [0.25, 0.3) is 33.8 Å². The highest BCUT2D eigenvalue weighted by Crippen LogP contribution is 2.36. The number of fused-ring (bicyclic) bond motifs is 1. The molecule has 0 atom stereocenters. The van der Waals surface area contributed by atoms with Gasteiger partial charge in [0, 0.05) is 16.5 Å². The van der Waals surface area contributed by atoms with Crippen molar-refractivity contribution in [1.29, 1.82) is 0 Å². The van der Waals surface area contributed by atoms with Crippen molar-refractivity contribution in [2.24, 2.45) is 0 Å². The standard InChI is InChI=1S/C41H36N2/c1-41(2,34-24-20-30(21-25-34)37-19-11-17-29-12-9-10-18-36(29)37)35-26-22-33(23-27-35)40-42-38(31-13-5-3-6-14-31)28-39(43-40)32-15-7-4-8-16-32/h3,5-7,9-10,12-16,18-28H,4,8,11,17H2,1-2H3. The van der Waals surface area contributed by atoms with Gasteiger partial charge in [0.25, 0.3) is 0 Å². The molecule has 2 nitrogen and oxygen atoms in total. The molecule has 0 saturated carbocycles. The lowest BCUT2D eigenvalue weighted by molar-refractivity contribution is 0.641. The Morgan fingerprint density at radius 2 is 1.26 bits per heavy atom. The number of nitrogens with zero attached hydrogens (tertiary/aromatic N) is 2. The van der Waals surface area contributed by atoms with Crippen LogP contribution in [0.15, 0.2) is 133 Å². The van der Waals surface area contributed by atoms with Gasteiger partial charge in [0.1, 0.15) is 0 Å². The molecule has 43 heavy (non-hydrogen) atoms. The molecule has 2 heteroatoms. The first-order valence-corrected chi connectivity index (χ1v) is 15.4. The van der Waals surface area contributed by atoms with Crippen molar-refractivity contribution in [2.45, 2.75) is 44.9 Å². The van der Waals surface area contributed by atoms with Crippen molar-refractivity contribution in [2.75, 3.05) is 0 Å². The van der Waals surface area contributed by atoms with E-state index in [1.54, 1.807) is 0 Å². The zero-order valence-corrected chi connectivity index (χ0v) is 24.9. The van der Waals surface area contributed by atoms with E-state index < -0.39 is 0 Å². The molecule has 7 rings (SSSR count). The third-order valence-electron chi connectivity index (χ3n) is 8.94. The van der Waals surface area contributed by atoms with E-state index in [1.807, 2.05) is 6.07 Å². The molecule has 0 amide bonds. The molecule has 210 valence electrons. The van der Waals surface area contributed by atoms with Crippen LogP contribution in [0.1, 0.15) is 66.6 Å². The Hall–Kier alpha value is -4.82. The third kappa shape index (κ3) is 5.42. The van der Waals surface area contributed by atoms with Gasteiger partial charge in [-0.05, 0) is 70.7 Å². The lowest BCUT2D eigenvalue weighted by Crippen LogP contribution is -2.18. The second-order valence-corrected chi connectivity index (χ2v) is 12.1. The topological polar surface area (TPSA) is 25.8 Å². The monoisotopic (exact) mass is 556 g/mol. The van der Waals surface area contributed by atoms with Crippen molar-refractivity contribution in [1.82, 2.24) is 9.97 Å². The number of hydrogen-bond donors (Lipinski definition) is 0. The predicted molar refractivity (Wildman–Crippen MR) is 180 cm³/mol. The van der Waals surface area contributed by atoms with E-state index in [4.69, 9.17) is 9.97 Å². The molecule has 4 aromatic carbocycles. The smallest absolute Gasteiger partial charge is 0.160 e. The normalized spacial score (nSPS) is 14.6. The molecule has 5 aromatic rings. The number of benzene rings is 4. The van der Waals surface area contributed by atoms with E-state index in [2.05, 4.69) is 141 Å². The van der Waals surface area contributed by atoms with Crippen LogP contribution in [0, 0.1) is 0 Å². The minimum absolute atomic E-state index is 0.147. The zero-order valence-electron chi connectivity index (χ0n) is 24.9. The van der Waals surface area contributed by atoms with Crippen molar-refractivity contribution in [3.05, 3.63) is 167 Å². The van der Waals surface area contributed by atoms with Gasteiger partial charge < -0.3 is 0 Å². The van der Waals surface area contributed by atoms with Crippen LogP contribution in [-0.4, -0.2) is 9.97 Å². The molecule has 2 aliphatic rings. The third-order valence-corrected chi connectivity index (χ3v) is 8.94. The fourth-order valence-corrected chi connectivity index (χ4v) is 6.31. The van der Waals surface area contributed by atoms with Gasteiger partial charge in [0.05, 0.1) is 11.4 Å². The molecule has 0 radical (unpaired) electrons. The van der Waals surface area contributed by atoms with Crippen LogP contribution < -0.4 is 0 Å². The molecule has 0 saturated heterocycles. The highest BCUT2D eigenvalue weighted by atomic mass is 14.9. The minimum Gasteiger partial charge on any atom is -0.228 e. The lowest BCUT2D eigenvalue weighted by Gasteiger charge is -2.27. The molecule has 1 heterocycles. The van der Waals surface area contributed by atoms with E-state index in [-0.39, 0.29) is 5.41 Å². The zero-order chi connectivity index (χ0) is 29.2. The first-order chi connectivity index (χ1) is 21.1. The van der Waals surface area contributed by atoms with E-state index in [1.165, 1.54) is 39.0 Å². The van der Waals surface area contributed by atoms with Crippen LogP contribution in [0.5, 0.6) is 0 Å². The molecule has 0 spiro atoms. The number of allylic oxidation sites excluding steroid dienone is 5. The summed E-state index contributed by atoms with van der Waals surface area (Å²) in [6.45, 7) is 4.61. The number of rotatable bonds is 6. The van der Waals surface area contributed by atoms with Crippen LogP contribution in [0.4, 0.5) is 0 Å². The van der Waals surface area contributed by atoms with Gasteiger partial charge >= 0.3 is 0 Å². The highest BCUT2D eigenvalue weighted by molar-refractivity contribution is 5.82. The Morgan fingerprint density at radius 1 is 0.581 bits per heavy atom. The number of aromatic nitrogens is 2. The van der Waals surface area contributed by atoms with Crippen molar-refractivity contribution < 1.29 is 0 Å². The second kappa shape index (κ2) is 11.5. The van der Waals surface area contributed by atoms with Crippen LogP contribution in [-0.2, 0) is 11.8 Å². The maximum absolute atomic E-state index is 5.04. The predicted octanol–water partition coefficient (Wildman–Crippen LogP) is 10.2. The molecular formula is C41H36N2. The Kier molecular flexibility index (Phi) is 7.20. The fourth-order valence-electron chi connectivity index (χ4n) is 6.31. The number of aryl methyl sites for hydroxylation is 1. The van der Waals surface area contributed by atoms with Crippen LogP contribution >= 0.6 is 0 Å². The Morgan fingerprint density at radius 3 is 1.98 bits per heavy atom. The summed E-state index contributed by atoms with van der Waals surface area (Å²) in [6, 6.07) is 39.3. The van der Waals surface area contributed by atoms with Crippen molar-refractivity contribution >= 4 is 11.1 Å². The first kappa shape index (κ1) is 27.0. The van der Waals surface area contributed by atoms with Gasteiger partial charge in [-0.1, -0.05) is 141 Å². The van der Waals surface area contributed by atoms with Gasteiger partial charge in [0.15, 0.2) is 5.82 Å². The van der Waals surface area contributed by atoms with E-state index in [0.29, 0.717) is 0 Å². The van der Waals surface area contributed by atoms with E-state index in [0.717, 1.165) is 54.0 Å². The SMILES string of the molecule is CC(C)(c1ccc(C2=CCCc3ccccc32)cc1)c1ccc(-c2nc(C3=CCCC=C3)cc(-c3ccccc3)n2)cc1. The summed E-state index contributed by atoms with van der Waals surface area (Å²) in [6.07, 6.45) is 13.4. The minimum atomic E-state index is -0.147. The first-order valence-electron chi connectivity index (χ1n) is 15.4. The largest absolute Gasteiger partial charge is 0.228 e. The van der Waals surface area contributed by atoms with Crippen molar-refractivity contribution in [3.63, 3.8) is 0 Å². The van der Waals surface area contributed by atoms with Gasteiger partial charge in [-0.3, -0.25) is 0 Å². The summed E-state index contributed by atoms with van der Waals surface area (Å²) < 4.78 is 0. The summed E-state index contributed by atoms with van der Waals surface area (Å²) in [4.78, 5) is 10.1. The van der Waals surface area contributed by atoms with Gasteiger partial charge in [-0.15, -0.1) is 0 Å². The Labute approximate surface area is 255 Å². The summed E-state index contributed by atoms with van der Waals surface area (Å²) in [5.41, 5.74) is 13.1. The fraction of sp³-hybridized carbons (Fsp3) is 0.171. The number of hydrogen-bond acceptors (Lipinski definition) is 2. The molecule has 0 N–H and O–H groups in total. The molecule has 1 aromatic heterocycles. The summed E-state index contributed by atoms with van der Waals surface area (Å²) in [5, 5.41) is 0. The quantitative estimate of drug-likeness (QED) is 0.208. The maximum Gasteiger partial charge on any atom is 0.160 e. The van der Waals surface area contributed by atoms with Gasteiger partial charge in [0.2, 0.25) is 0 Å². The maximum atomic E-state index is 5.04. The molecule has 0 unspecified atom stereocenters. The summed E-state index contributed by atoms with van der Waals surface area (Å²) in [5.74, 6) is 0.756. The van der Waals surface area contributed by atoms with Crippen LogP contribution in [0.3, 0.4) is 0 Å². The van der Waals surface area contributed by atoms with Gasteiger partial charge in [-0.25, -0.2) is 9.97 Å². The van der Waals surface area contributed by atoms with Gasteiger partial charge in [-0.2, -0.15) is 0 Å². The average Bonchev–Trinajstić information content (AvgIpc) is 3.09. The summed E-state index contributed by atoms with van der Waals surface area (Å²) >= 11 is 0. The second-order valence-electron chi connectivity index (χ2n) is 12.1. The molecule has 0 fully saturated rings. The summed E-state index contributed by atoms with van der Waals surface area (Å²) in [7, 11) is 0. The van der Waals surface area contributed by atoms with Crippen LogP contribution in [0.2, 0.25) is 0 Å². The Bertz CT molecular complexity index is 1850. The molecule has 0 aliphatic heterocycles. The van der Waals surface area contributed by atoms with E-state index in [9.17, 15) is 0 Å². The molecule has 0 bridgehead atoms. The van der Waals surface area contributed by atoms with Crippen molar-refractivity contribution in [3.8, 4) is 22.6 Å². The molecule has 2 aliphatic carbocycles. The average molecular weight is 557 g/mol. The molecular weight excluding hydrogens is 520 g/mol. The van der Waals surface area contributed by atoms with E-state index >= 15 is 0 Å². The highest BCUT2D eigenvalue weighted by Gasteiger charge is 2.24.